The molecule has 0 aromatic heterocycles. The number of piperidine rings is 1. The predicted octanol–water partition coefficient (Wildman–Crippen LogP) is 3.24. The van der Waals surface area contributed by atoms with Crippen LogP contribution < -0.4 is 0 Å². The Kier molecular flexibility index (Phi) is 11.6. The van der Waals surface area contributed by atoms with E-state index in [1.807, 2.05) is 27.7 Å². The lowest BCUT2D eigenvalue weighted by Gasteiger charge is -2.41. The van der Waals surface area contributed by atoms with Crippen molar-refractivity contribution in [2.75, 3.05) is 39.4 Å². The van der Waals surface area contributed by atoms with Crippen molar-refractivity contribution in [2.24, 2.45) is 0 Å². The summed E-state index contributed by atoms with van der Waals surface area (Å²) in [7, 11) is 0. The molecule has 19 heavy (non-hydrogen) atoms. The third-order valence-electron chi connectivity index (χ3n) is 3.79. The molecular weight excluding hydrogens is 236 g/mol. The molecule has 2 fully saturated rings. The fraction of sp³-hybridized carbons (Fsp3) is 1.00. The van der Waals surface area contributed by atoms with E-state index < -0.39 is 0 Å². The summed E-state index contributed by atoms with van der Waals surface area (Å²) < 4.78 is 5.40. The molecule has 0 radical (unpaired) electrons. The van der Waals surface area contributed by atoms with E-state index in [1.54, 1.807) is 0 Å². The number of ether oxygens (including phenoxy) is 1. The van der Waals surface area contributed by atoms with Crippen molar-refractivity contribution >= 4 is 0 Å². The van der Waals surface area contributed by atoms with Crippen LogP contribution in [0.15, 0.2) is 0 Å². The average molecular weight is 272 g/mol. The summed E-state index contributed by atoms with van der Waals surface area (Å²) in [5.74, 6) is 0. The highest BCUT2D eigenvalue weighted by Gasteiger charge is 2.26. The van der Waals surface area contributed by atoms with Crippen molar-refractivity contribution in [3.63, 3.8) is 0 Å². The fourth-order valence-electron chi connectivity index (χ4n) is 2.71. The van der Waals surface area contributed by atoms with E-state index in [0.29, 0.717) is 0 Å². The standard InChI is InChI=1S/C12H24N2O.2C2H6/c1-11(2)13-5-3-12(4-6-13)14-7-9-15-10-8-14;2*1-2/h11-12H,3-10H2,1-2H3;2*1-2H3. The second-order valence-corrected chi connectivity index (χ2v) is 5.01. The second kappa shape index (κ2) is 11.7. The number of hydrogen-bond donors (Lipinski definition) is 0. The largest absolute Gasteiger partial charge is 0.379 e. The van der Waals surface area contributed by atoms with Gasteiger partial charge in [0.25, 0.3) is 0 Å². The molecule has 3 nitrogen and oxygen atoms in total. The smallest absolute Gasteiger partial charge is 0.0594 e. The highest BCUT2D eigenvalue weighted by atomic mass is 16.5. The van der Waals surface area contributed by atoms with Crippen LogP contribution in [0.3, 0.4) is 0 Å². The van der Waals surface area contributed by atoms with Crippen LogP contribution in [0.5, 0.6) is 0 Å². The zero-order valence-electron chi connectivity index (χ0n) is 14.1. The Labute approximate surface area is 121 Å². The second-order valence-electron chi connectivity index (χ2n) is 5.01. The summed E-state index contributed by atoms with van der Waals surface area (Å²) in [6.07, 6.45) is 2.69. The summed E-state index contributed by atoms with van der Waals surface area (Å²) in [6.45, 7) is 19.3. The van der Waals surface area contributed by atoms with Gasteiger partial charge in [0.1, 0.15) is 0 Å². The third kappa shape index (κ3) is 6.73. The zero-order chi connectivity index (χ0) is 14.7. The lowest BCUT2D eigenvalue weighted by atomic mass is 10.0. The van der Waals surface area contributed by atoms with Gasteiger partial charge in [-0.3, -0.25) is 4.90 Å². The van der Waals surface area contributed by atoms with Gasteiger partial charge >= 0.3 is 0 Å². The molecule has 0 spiro atoms. The number of hydrogen-bond acceptors (Lipinski definition) is 3. The first kappa shape index (κ1) is 18.9. The molecule has 2 saturated heterocycles. The van der Waals surface area contributed by atoms with Gasteiger partial charge in [-0.1, -0.05) is 27.7 Å². The van der Waals surface area contributed by atoms with E-state index in [0.717, 1.165) is 38.4 Å². The third-order valence-corrected chi connectivity index (χ3v) is 3.79. The minimum atomic E-state index is 0.718. The molecule has 2 rings (SSSR count). The molecular formula is C16H36N2O. The summed E-state index contributed by atoms with van der Waals surface area (Å²) in [6, 6.07) is 1.54. The van der Waals surface area contributed by atoms with Crippen molar-refractivity contribution in [2.45, 2.75) is 66.5 Å². The van der Waals surface area contributed by atoms with E-state index in [1.165, 1.54) is 25.9 Å². The van der Waals surface area contributed by atoms with Crippen LogP contribution in [0.25, 0.3) is 0 Å². The van der Waals surface area contributed by atoms with Gasteiger partial charge in [-0.15, -0.1) is 0 Å². The first-order valence-electron chi connectivity index (χ1n) is 8.33. The highest BCUT2D eigenvalue weighted by Crippen LogP contribution is 2.18. The van der Waals surface area contributed by atoms with E-state index in [2.05, 4.69) is 23.6 Å². The molecule has 0 aromatic rings. The molecule has 0 aromatic carbocycles. The molecule has 2 aliphatic rings. The molecule has 0 amide bonds. The van der Waals surface area contributed by atoms with Crippen LogP contribution in [-0.2, 0) is 4.74 Å². The van der Waals surface area contributed by atoms with Crippen LogP contribution in [0.1, 0.15) is 54.4 Å². The van der Waals surface area contributed by atoms with Gasteiger partial charge in [0.2, 0.25) is 0 Å². The average Bonchev–Trinajstić information content (AvgIpc) is 2.52. The van der Waals surface area contributed by atoms with Gasteiger partial charge < -0.3 is 9.64 Å². The molecule has 0 aliphatic carbocycles. The Morgan fingerprint density at radius 2 is 1.32 bits per heavy atom. The Morgan fingerprint density at radius 3 is 1.74 bits per heavy atom. The molecule has 0 atom stereocenters. The highest BCUT2D eigenvalue weighted by molar-refractivity contribution is 4.81. The van der Waals surface area contributed by atoms with Gasteiger partial charge in [0.15, 0.2) is 0 Å². The van der Waals surface area contributed by atoms with Crippen molar-refractivity contribution in [1.82, 2.24) is 9.80 Å². The zero-order valence-corrected chi connectivity index (χ0v) is 14.1. The van der Waals surface area contributed by atoms with E-state index in [9.17, 15) is 0 Å². The Hall–Kier alpha value is -0.120. The Morgan fingerprint density at radius 1 is 0.842 bits per heavy atom. The number of nitrogens with zero attached hydrogens (tertiary/aromatic N) is 2. The predicted molar refractivity (Wildman–Crippen MR) is 84.8 cm³/mol. The summed E-state index contributed by atoms with van der Waals surface area (Å²) in [5.41, 5.74) is 0. The lowest BCUT2D eigenvalue weighted by Crippen LogP contribution is -2.50. The summed E-state index contributed by atoms with van der Waals surface area (Å²) in [5, 5.41) is 0. The van der Waals surface area contributed by atoms with Gasteiger partial charge in [0, 0.05) is 25.2 Å². The maximum Gasteiger partial charge on any atom is 0.0594 e. The van der Waals surface area contributed by atoms with Crippen LogP contribution in [0, 0.1) is 0 Å². The minimum Gasteiger partial charge on any atom is -0.379 e. The normalized spacial score (nSPS) is 22.3. The Bertz CT molecular complexity index is 183. The molecule has 116 valence electrons. The van der Waals surface area contributed by atoms with Gasteiger partial charge in [0.05, 0.1) is 13.2 Å². The minimum absolute atomic E-state index is 0.718. The molecule has 0 saturated carbocycles. The number of rotatable bonds is 2. The topological polar surface area (TPSA) is 15.7 Å². The fourth-order valence-corrected chi connectivity index (χ4v) is 2.71. The number of morpholine rings is 1. The molecule has 3 heteroatoms. The van der Waals surface area contributed by atoms with Gasteiger partial charge in [-0.25, -0.2) is 0 Å². The van der Waals surface area contributed by atoms with Crippen molar-refractivity contribution < 1.29 is 4.74 Å². The van der Waals surface area contributed by atoms with Crippen LogP contribution in [0.2, 0.25) is 0 Å². The van der Waals surface area contributed by atoms with Gasteiger partial charge in [-0.2, -0.15) is 0 Å². The lowest BCUT2D eigenvalue weighted by molar-refractivity contribution is -0.00175. The summed E-state index contributed by atoms with van der Waals surface area (Å²) in [4.78, 5) is 5.22. The van der Waals surface area contributed by atoms with E-state index >= 15 is 0 Å². The SMILES string of the molecule is CC.CC.CC(C)N1CCC(N2CCOCC2)CC1. The number of likely N-dealkylation sites (tertiary alicyclic amines) is 1. The van der Waals surface area contributed by atoms with Crippen LogP contribution in [-0.4, -0.2) is 61.3 Å². The Balaban J connectivity index is 0.000000741. The van der Waals surface area contributed by atoms with Crippen molar-refractivity contribution in [1.29, 1.82) is 0 Å². The summed E-state index contributed by atoms with van der Waals surface area (Å²) >= 11 is 0. The molecule has 0 bridgehead atoms. The quantitative estimate of drug-likeness (QED) is 0.767. The molecule has 0 unspecified atom stereocenters. The first-order valence-corrected chi connectivity index (χ1v) is 8.33. The van der Waals surface area contributed by atoms with E-state index in [4.69, 9.17) is 4.74 Å². The molecule has 0 N–H and O–H groups in total. The maximum absolute atomic E-state index is 5.40. The van der Waals surface area contributed by atoms with Crippen LogP contribution in [0.4, 0.5) is 0 Å². The van der Waals surface area contributed by atoms with Crippen molar-refractivity contribution in [3.05, 3.63) is 0 Å². The van der Waals surface area contributed by atoms with Crippen molar-refractivity contribution in [3.8, 4) is 0 Å². The molecule has 2 aliphatic heterocycles. The molecule has 2 heterocycles. The monoisotopic (exact) mass is 272 g/mol. The van der Waals surface area contributed by atoms with E-state index in [-0.39, 0.29) is 0 Å². The van der Waals surface area contributed by atoms with Gasteiger partial charge in [-0.05, 0) is 39.8 Å². The first-order chi connectivity index (χ1) is 9.27. The maximum atomic E-state index is 5.40. The van der Waals surface area contributed by atoms with Crippen LogP contribution >= 0.6 is 0 Å².